The van der Waals surface area contributed by atoms with Gasteiger partial charge >= 0.3 is 5.97 Å². The van der Waals surface area contributed by atoms with Crippen molar-refractivity contribution >= 4 is 37.8 Å². The molecule has 1 aromatic rings. The number of ether oxygens (including phenoxy) is 1. The van der Waals surface area contributed by atoms with E-state index in [1.54, 1.807) is 0 Å². The number of benzene rings is 1. The molecule has 0 bridgehead atoms. The number of carbonyl (C=O) groups excluding carboxylic acids is 1. The zero-order valence-electron chi connectivity index (χ0n) is 9.74. The van der Waals surface area contributed by atoms with E-state index in [1.807, 2.05) is 18.2 Å². The Balaban J connectivity index is 2.50. The largest absolute Gasteiger partial charge is 0.468 e. The van der Waals surface area contributed by atoms with E-state index in [2.05, 4.69) is 54.9 Å². The van der Waals surface area contributed by atoms with Gasteiger partial charge in [-0.3, -0.25) is 4.79 Å². The van der Waals surface area contributed by atoms with Gasteiger partial charge in [0.05, 0.1) is 7.11 Å². The van der Waals surface area contributed by atoms with Crippen LogP contribution in [0.5, 0.6) is 0 Å². The first-order chi connectivity index (χ1) is 8.04. The van der Waals surface area contributed by atoms with Gasteiger partial charge in [-0.15, -0.1) is 0 Å². The molecular weight excluding hydrogens is 350 g/mol. The van der Waals surface area contributed by atoms with Crippen LogP contribution in [0.15, 0.2) is 28.7 Å². The second-order valence-corrected chi connectivity index (χ2v) is 5.70. The molecule has 0 amide bonds. The summed E-state index contributed by atoms with van der Waals surface area (Å²) < 4.78 is 5.68. The first-order valence-electron chi connectivity index (χ1n) is 5.25. The highest BCUT2D eigenvalue weighted by molar-refractivity contribution is 9.10. The average molecular weight is 365 g/mol. The molecule has 0 aliphatic heterocycles. The number of hydrogen-bond donors (Lipinski definition) is 1. The highest BCUT2D eigenvalue weighted by Crippen LogP contribution is 2.18. The van der Waals surface area contributed by atoms with E-state index in [9.17, 15) is 4.79 Å². The molecule has 0 aliphatic carbocycles. The Morgan fingerprint density at radius 1 is 1.53 bits per heavy atom. The van der Waals surface area contributed by atoms with Crippen LogP contribution in [0.4, 0.5) is 0 Å². The van der Waals surface area contributed by atoms with Crippen molar-refractivity contribution in [2.24, 2.45) is 0 Å². The summed E-state index contributed by atoms with van der Waals surface area (Å²) in [7, 11) is 1.38. The number of carbonyl (C=O) groups is 1. The predicted octanol–water partition coefficient (Wildman–Crippen LogP) is 3.04. The summed E-state index contributed by atoms with van der Waals surface area (Å²) in [6.07, 6.45) is 0. The fourth-order valence-electron chi connectivity index (χ4n) is 1.39. The molecule has 94 valence electrons. The van der Waals surface area contributed by atoms with E-state index in [4.69, 9.17) is 0 Å². The van der Waals surface area contributed by atoms with Crippen LogP contribution in [-0.2, 0) is 9.53 Å². The minimum Gasteiger partial charge on any atom is -0.468 e. The fourth-order valence-corrected chi connectivity index (χ4v) is 2.18. The van der Waals surface area contributed by atoms with Crippen molar-refractivity contribution in [1.29, 1.82) is 0 Å². The highest BCUT2D eigenvalue weighted by atomic mass is 79.9. The molecule has 0 fully saturated rings. The molecule has 0 saturated carbocycles. The van der Waals surface area contributed by atoms with Crippen molar-refractivity contribution in [1.82, 2.24) is 5.32 Å². The Morgan fingerprint density at radius 3 is 2.82 bits per heavy atom. The van der Waals surface area contributed by atoms with Gasteiger partial charge in [0.2, 0.25) is 0 Å². The smallest absolute Gasteiger partial charge is 0.320 e. The van der Waals surface area contributed by atoms with Crippen molar-refractivity contribution in [3.63, 3.8) is 0 Å². The molecule has 1 rings (SSSR count). The molecule has 0 radical (unpaired) electrons. The standard InChI is InChI=1S/C12H15Br2NO2/c1-8(9-4-3-5-10(13)6-9)15-7-11(14)12(16)17-2/h3-6,8,11,15H,7H2,1-2H3. The summed E-state index contributed by atoms with van der Waals surface area (Å²) >= 11 is 6.71. The third-order valence-corrected chi connectivity index (χ3v) is 3.60. The van der Waals surface area contributed by atoms with Gasteiger partial charge in [-0.2, -0.15) is 0 Å². The van der Waals surface area contributed by atoms with Crippen LogP contribution in [0, 0.1) is 0 Å². The Morgan fingerprint density at radius 2 is 2.24 bits per heavy atom. The van der Waals surface area contributed by atoms with Crippen molar-refractivity contribution in [2.45, 2.75) is 17.8 Å². The lowest BCUT2D eigenvalue weighted by Crippen LogP contribution is -2.31. The van der Waals surface area contributed by atoms with Gasteiger partial charge in [0.15, 0.2) is 0 Å². The van der Waals surface area contributed by atoms with E-state index in [-0.39, 0.29) is 16.8 Å². The number of nitrogens with one attached hydrogen (secondary N) is 1. The monoisotopic (exact) mass is 363 g/mol. The molecule has 0 saturated heterocycles. The summed E-state index contributed by atoms with van der Waals surface area (Å²) in [5.41, 5.74) is 1.17. The number of methoxy groups -OCH3 is 1. The van der Waals surface area contributed by atoms with E-state index in [0.29, 0.717) is 6.54 Å². The van der Waals surface area contributed by atoms with Crippen molar-refractivity contribution in [2.75, 3.05) is 13.7 Å². The Labute approximate surface area is 118 Å². The van der Waals surface area contributed by atoms with Crippen molar-refractivity contribution in [3.8, 4) is 0 Å². The maximum Gasteiger partial charge on any atom is 0.320 e. The topological polar surface area (TPSA) is 38.3 Å². The van der Waals surface area contributed by atoms with Crippen LogP contribution < -0.4 is 5.32 Å². The average Bonchev–Trinajstić information content (AvgIpc) is 2.34. The maximum absolute atomic E-state index is 11.2. The Bertz CT molecular complexity index is 385. The molecule has 17 heavy (non-hydrogen) atoms. The molecule has 3 nitrogen and oxygen atoms in total. The van der Waals surface area contributed by atoms with Crippen molar-refractivity contribution < 1.29 is 9.53 Å². The second kappa shape index (κ2) is 7.13. The molecule has 0 heterocycles. The molecule has 1 aromatic carbocycles. The van der Waals surface area contributed by atoms with Gasteiger partial charge in [0, 0.05) is 17.1 Å². The lowest BCUT2D eigenvalue weighted by Gasteiger charge is -2.16. The summed E-state index contributed by atoms with van der Waals surface area (Å²) in [6.45, 7) is 2.58. The van der Waals surface area contributed by atoms with Crippen LogP contribution in [0.2, 0.25) is 0 Å². The summed E-state index contributed by atoms with van der Waals surface area (Å²) in [4.78, 5) is 10.9. The predicted molar refractivity (Wildman–Crippen MR) is 75.3 cm³/mol. The molecule has 2 unspecified atom stereocenters. The van der Waals surface area contributed by atoms with Crippen LogP contribution >= 0.6 is 31.9 Å². The summed E-state index contributed by atoms with van der Waals surface area (Å²) in [5, 5.41) is 3.27. The molecule has 0 aliphatic rings. The second-order valence-electron chi connectivity index (χ2n) is 3.68. The van der Waals surface area contributed by atoms with Gasteiger partial charge in [0.1, 0.15) is 4.83 Å². The molecular formula is C12H15Br2NO2. The number of esters is 1. The van der Waals surface area contributed by atoms with E-state index < -0.39 is 0 Å². The zero-order chi connectivity index (χ0) is 12.8. The third kappa shape index (κ3) is 4.77. The molecule has 2 atom stereocenters. The van der Waals surface area contributed by atoms with Crippen LogP contribution in [-0.4, -0.2) is 24.5 Å². The molecule has 5 heteroatoms. The van der Waals surface area contributed by atoms with Crippen LogP contribution in [0.1, 0.15) is 18.5 Å². The van der Waals surface area contributed by atoms with E-state index in [0.717, 1.165) is 4.47 Å². The normalized spacial score (nSPS) is 14.1. The molecule has 1 N–H and O–H groups in total. The Kier molecular flexibility index (Phi) is 6.16. The van der Waals surface area contributed by atoms with Crippen LogP contribution in [0.25, 0.3) is 0 Å². The zero-order valence-corrected chi connectivity index (χ0v) is 12.9. The first kappa shape index (κ1) is 14.7. The van der Waals surface area contributed by atoms with Crippen molar-refractivity contribution in [3.05, 3.63) is 34.3 Å². The van der Waals surface area contributed by atoms with E-state index in [1.165, 1.54) is 12.7 Å². The fraction of sp³-hybridized carbons (Fsp3) is 0.417. The number of hydrogen-bond acceptors (Lipinski definition) is 3. The minimum atomic E-state index is -0.317. The lowest BCUT2D eigenvalue weighted by molar-refractivity contribution is -0.139. The van der Waals surface area contributed by atoms with Gasteiger partial charge in [-0.25, -0.2) is 0 Å². The van der Waals surface area contributed by atoms with E-state index >= 15 is 0 Å². The molecule has 0 spiro atoms. The SMILES string of the molecule is COC(=O)C(Br)CNC(C)c1cccc(Br)c1. The van der Waals surface area contributed by atoms with Gasteiger partial charge in [-0.05, 0) is 24.6 Å². The minimum absolute atomic E-state index is 0.178. The summed E-state index contributed by atoms with van der Waals surface area (Å²) in [6, 6.07) is 8.25. The quantitative estimate of drug-likeness (QED) is 0.644. The lowest BCUT2D eigenvalue weighted by atomic mass is 10.1. The number of rotatable bonds is 5. The maximum atomic E-state index is 11.2. The highest BCUT2D eigenvalue weighted by Gasteiger charge is 2.16. The number of halogens is 2. The van der Waals surface area contributed by atoms with Gasteiger partial charge < -0.3 is 10.1 Å². The number of alkyl halides is 1. The van der Waals surface area contributed by atoms with Gasteiger partial charge in [-0.1, -0.05) is 44.0 Å². The van der Waals surface area contributed by atoms with Gasteiger partial charge in [0.25, 0.3) is 0 Å². The molecule has 0 aromatic heterocycles. The first-order valence-corrected chi connectivity index (χ1v) is 6.96. The van der Waals surface area contributed by atoms with Crippen LogP contribution in [0.3, 0.4) is 0 Å². The third-order valence-electron chi connectivity index (χ3n) is 2.41. The summed E-state index contributed by atoms with van der Waals surface area (Å²) in [5.74, 6) is -0.265. The Hall–Kier alpha value is -0.390.